The van der Waals surface area contributed by atoms with Gasteiger partial charge in [0.2, 0.25) is 0 Å². The van der Waals surface area contributed by atoms with Crippen molar-refractivity contribution in [3.8, 4) is 5.75 Å². The van der Waals surface area contributed by atoms with Crippen LogP contribution in [0.3, 0.4) is 0 Å². The second kappa shape index (κ2) is 5.03. The fraction of sp³-hybridized carbons (Fsp3) is 0.333. The summed E-state index contributed by atoms with van der Waals surface area (Å²) in [4.78, 5) is 23.7. The van der Waals surface area contributed by atoms with Gasteiger partial charge in [0, 0.05) is 19.2 Å². The number of ether oxygens (including phenoxy) is 1. The van der Waals surface area contributed by atoms with Crippen LogP contribution in [0.1, 0.15) is 6.42 Å². The molecular weight excluding hydrogens is 241 g/mol. The maximum absolute atomic E-state index is 12.9. The van der Waals surface area contributed by atoms with Gasteiger partial charge in [-0.2, -0.15) is 0 Å². The van der Waals surface area contributed by atoms with Gasteiger partial charge in [-0.15, -0.1) is 0 Å². The summed E-state index contributed by atoms with van der Waals surface area (Å²) in [6, 6.07) is 5.24. The van der Waals surface area contributed by atoms with E-state index in [1.807, 2.05) is 0 Å². The number of carbonyl (C=O) groups is 2. The number of amides is 1. The number of aliphatic carboxylic acids is 1. The Morgan fingerprint density at radius 1 is 1.44 bits per heavy atom. The van der Waals surface area contributed by atoms with E-state index in [4.69, 9.17) is 9.84 Å². The molecule has 1 aromatic carbocycles. The van der Waals surface area contributed by atoms with Crippen LogP contribution >= 0.6 is 0 Å². The van der Waals surface area contributed by atoms with E-state index in [1.54, 1.807) is 0 Å². The normalized spacial score (nSPS) is 18.7. The summed E-state index contributed by atoms with van der Waals surface area (Å²) in [5, 5.41) is 8.81. The Bertz CT molecular complexity index is 477. The quantitative estimate of drug-likeness (QED) is 0.871. The molecule has 0 aromatic heterocycles. The second-order valence-electron chi connectivity index (χ2n) is 4.10. The highest BCUT2D eigenvalue weighted by Crippen LogP contribution is 2.19. The van der Waals surface area contributed by atoms with E-state index < -0.39 is 23.8 Å². The third kappa shape index (κ3) is 2.77. The van der Waals surface area contributed by atoms with Crippen molar-refractivity contribution in [3.63, 3.8) is 0 Å². The number of carbonyl (C=O) groups excluding carboxylic acids is 1. The van der Waals surface area contributed by atoms with Gasteiger partial charge in [0.25, 0.3) is 0 Å². The number of benzene rings is 1. The molecule has 1 N–H and O–H groups in total. The van der Waals surface area contributed by atoms with Crippen LogP contribution in [0.5, 0.6) is 5.75 Å². The molecule has 5 nitrogen and oxygen atoms in total. The maximum atomic E-state index is 12.9. The van der Waals surface area contributed by atoms with Crippen LogP contribution in [0.25, 0.3) is 0 Å². The zero-order valence-corrected chi connectivity index (χ0v) is 9.51. The summed E-state index contributed by atoms with van der Waals surface area (Å²) in [6.07, 6.45) is -0.238. The number of hydrogen-bond acceptors (Lipinski definition) is 3. The molecule has 96 valence electrons. The largest absolute Gasteiger partial charge is 0.481 e. The molecule has 1 atom stereocenters. The molecule has 1 unspecified atom stereocenters. The van der Waals surface area contributed by atoms with Gasteiger partial charge in [0.05, 0.1) is 5.92 Å². The minimum absolute atomic E-state index is 0.110. The highest BCUT2D eigenvalue weighted by Gasteiger charge is 2.31. The zero-order valence-electron chi connectivity index (χ0n) is 9.51. The summed E-state index contributed by atoms with van der Waals surface area (Å²) in [7, 11) is 0. The molecule has 6 heteroatoms. The lowest BCUT2D eigenvalue weighted by Crippen LogP contribution is -2.32. The Hall–Kier alpha value is -2.11. The summed E-state index contributed by atoms with van der Waals surface area (Å²) < 4.78 is 17.8. The van der Waals surface area contributed by atoms with Gasteiger partial charge in [-0.3, -0.25) is 4.79 Å². The first-order valence-corrected chi connectivity index (χ1v) is 5.51. The fourth-order valence-corrected chi connectivity index (χ4v) is 1.82. The minimum atomic E-state index is -0.920. The second-order valence-corrected chi connectivity index (χ2v) is 4.10. The van der Waals surface area contributed by atoms with Crippen LogP contribution in [-0.4, -0.2) is 35.2 Å². The van der Waals surface area contributed by atoms with Crippen LogP contribution < -0.4 is 4.74 Å². The minimum Gasteiger partial charge on any atom is -0.481 e. The van der Waals surface area contributed by atoms with Crippen LogP contribution in [0.4, 0.5) is 9.18 Å². The molecule has 2 rings (SSSR count). The van der Waals surface area contributed by atoms with Crippen molar-refractivity contribution in [2.45, 2.75) is 6.42 Å². The molecule has 18 heavy (non-hydrogen) atoms. The molecule has 1 fully saturated rings. The van der Waals surface area contributed by atoms with Gasteiger partial charge in [0.15, 0.2) is 0 Å². The molecule has 1 heterocycles. The first-order chi connectivity index (χ1) is 8.56. The predicted molar refractivity (Wildman–Crippen MR) is 59.7 cm³/mol. The van der Waals surface area contributed by atoms with Gasteiger partial charge < -0.3 is 14.7 Å². The molecule has 1 aliphatic heterocycles. The van der Waals surface area contributed by atoms with Gasteiger partial charge in [-0.1, -0.05) is 6.07 Å². The van der Waals surface area contributed by atoms with E-state index >= 15 is 0 Å². The molecule has 0 aliphatic carbocycles. The van der Waals surface area contributed by atoms with Crippen molar-refractivity contribution >= 4 is 12.1 Å². The van der Waals surface area contributed by atoms with Gasteiger partial charge in [0.1, 0.15) is 11.6 Å². The van der Waals surface area contributed by atoms with E-state index in [1.165, 1.54) is 23.1 Å². The fourth-order valence-electron chi connectivity index (χ4n) is 1.82. The molecule has 0 radical (unpaired) electrons. The highest BCUT2D eigenvalue weighted by atomic mass is 19.1. The maximum Gasteiger partial charge on any atom is 0.415 e. The predicted octanol–water partition coefficient (Wildman–Crippen LogP) is 1.73. The average molecular weight is 253 g/mol. The lowest BCUT2D eigenvalue weighted by molar-refractivity contribution is -0.141. The van der Waals surface area contributed by atoms with Crippen molar-refractivity contribution in [3.05, 3.63) is 30.1 Å². The summed E-state index contributed by atoms with van der Waals surface area (Å²) in [6.45, 7) is 0.467. The molecular formula is C12H12FNO4. The lowest BCUT2D eigenvalue weighted by Gasteiger charge is -2.15. The van der Waals surface area contributed by atoms with E-state index in [-0.39, 0.29) is 12.3 Å². The number of rotatable bonds is 2. The van der Waals surface area contributed by atoms with Crippen molar-refractivity contribution in [1.29, 1.82) is 0 Å². The number of carboxylic acid groups (broad SMARTS) is 1. The van der Waals surface area contributed by atoms with Crippen LogP contribution in [0.15, 0.2) is 24.3 Å². The number of halogens is 1. The smallest absolute Gasteiger partial charge is 0.415 e. The Morgan fingerprint density at radius 2 is 2.22 bits per heavy atom. The number of nitrogens with zero attached hydrogens (tertiary/aromatic N) is 1. The topological polar surface area (TPSA) is 66.8 Å². The van der Waals surface area contributed by atoms with Gasteiger partial charge in [-0.05, 0) is 18.6 Å². The first-order valence-electron chi connectivity index (χ1n) is 5.51. The molecule has 0 saturated carbocycles. The standard InChI is InChI=1S/C12H12FNO4/c13-9-2-1-3-10(6-9)18-12(17)14-5-4-8(7-14)11(15)16/h1-3,6,8H,4-5,7H2,(H,15,16). The summed E-state index contributed by atoms with van der Waals surface area (Å²) >= 11 is 0. The third-order valence-corrected chi connectivity index (χ3v) is 2.80. The van der Waals surface area contributed by atoms with E-state index in [9.17, 15) is 14.0 Å². The van der Waals surface area contributed by atoms with Crippen LogP contribution in [0, 0.1) is 11.7 Å². The Kier molecular flexibility index (Phi) is 3.45. The Balaban J connectivity index is 1.95. The molecule has 0 spiro atoms. The first kappa shape index (κ1) is 12.3. The Morgan fingerprint density at radius 3 is 2.83 bits per heavy atom. The van der Waals surface area contributed by atoms with E-state index in [2.05, 4.69) is 0 Å². The zero-order chi connectivity index (χ0) is 13.1. The van der Waals surface area contributed by atoms with Crippen molar-refractivity contribution < 1.29 is 23.8 Å². The van der Waals surface area contributed by atoms with Crippen molar-refractivity contribution in [2.75, 3.05) is 13.1 Å². The summed E-state index contributed by atoms with van der Waals surface area (Å²) in [5.41, 5.74) is 0. The van der Waals surface area contributed by atoms with Crippen molar-refractivity contribution in [1.82, 2.24) is 4.90 Å². The van der Waals surface area contributed by atoms with Crippen LogP contribution in [0.2, 0.25) is 0 Å². The SMILES string of the molecule is O=C(O)C1CCN(C(=O)Oc2cccc(F)c2)C1. The number of carboxylic acids is 1. The van der Waals surface area contributed by atoms with E-state index in [0.717, 1.165) is 6.07 Å². The third-order valence-electron chi connectivity index (χ3n) is 2.80. The van der Waals surface area contributed by atoms with Crippen molar-refractivity contribution in [2.24, 2.45) is 5.92 Å². The number of hydrogen-bond donors (Lipinski definition) is 1. The molecule has 1 amide bonds. The molecule has 1 aromatic rings. The van der Waals surface area contributed by atoms with Gasteiger partial charge >= 0.3 is 12.1 Å². The highest BCUT2D eigenvalue weighted by molar-refractivity contribution is 5.75. The molecule has 1 saturated heterocycles. The molecule has 0 bridgehead atoms. The lowest BCUT2D eigenvalue weighted by atomic mass is 10.1. The Labute approximate surface area is 103 Å². The average Bonchev–Trinajstić information content (AvgIpc) is 2.78. The number of likely N-dealkylation sites (tertiary alicyclic amines) is 1. The van der Waals surface area contributed by atoms with Gasteiger partial charge in [-0.25, -0.2) is 9.18 Å². The monoisotopic (exact) mass is 253 g/mol. The molecule has 1 aliphatic rings. The van der Waals surface area contributed by atoms with Crippen LogP contribution in [-0.2, 0) is 4.79 Å². The van der Waals surface area contributed by atoms with E-state index in [0.29, 0.717) is 13.0 Å². The summed E-state index contributed by atoms with van der Waals surface area (Å²) in [5.74, 6) is -1.86.